The Morgan fingerprint density at radius 2 is 1.83 bits per heavy atom. The van der Waals surface area contributed by atoms with Crippen LogP contribution in [0.5, 0.6) is 0 Å². The number of aromatic nitrogens is 2. The van der Waals surface area contributed by atoms with E-state index in [9.17, 15) is 13.2 Å². The van der Waals surface area contributed by atoms with E-state index in [4.69, 9.17) is 23.2 Å². The Kier molecular flexibility index (Phi) is 3.29. The molecule has 0 fully saturated rings. The van der Waals surface area contributed by atoms with E-state index in [0.29, 0.717) is 10.6 Å². The number of aryl methyl sites for hydroxylation is 1. The average Bonchev–Trinajstić information content (AvgIpc) is 2.60. The van der Waals surface area contributed by atoms with E-state index in [1.54, 1.807) is 12.1 Å². The van der Waals surface area contributed by atoms with Crippen molar-refractivity contribution in [2.75, 3.05) is 0 Å². The van der Waals surface area contributed by atoms with Crippen molar-refractivity contribution in [3.63, 3.8) is 0 Å². The maximum Gasteiger partial charge on any atom is 0.435 e. The number of hydrogen-bond acceptors (Lipinski definition) is 1. The second kappa shape index (κ2) is 4.48. The van der Waals surface area contributed by atoms with Gasteiger partial charge in [-0.2, -0.15) is 18.3 Å². The minimum absolute atomic E-state index is 0.277. The first-order valence-electron chi connectivity index (χ1n) is 4.85. The van der Waals surface area contributed by atoms with E-state index in [1.807, 2.05) is 0 Å². The molecular weight excluding hydrogens is 288 g/mol. The summed E-state index contributed by atoms with van der Waals surface area (Å²) >= 11 is 11.7. The van der Waals surface area contributed by atoms with Gasteiger partial charge < -0.3 is 0 Å². The van der Waals surface area contributed by atoms with Gasteiger partial charge in [0.05, 0.1) is 10.7 Å². The fraction of sp³-hybridized carbons (Fsp3) is 0.182. The van der Waals surface area contributed by atoms with Crippen molar-refractivity contribution in [2.45, 2.75) is 6.18 Å². The normalized spacial score (nSPS) is 11.9. The zero-order valence-electron chi connectivity index (χ0n) is 9.09. The van der Waals surface area contributed by atoms with E-state index in [-0.39, 0.29) is 10.7 Å². The Morgan fingerprint density at radius 3 is 2.33 bits per heavy atom. The van der Waals surface area contributed by atoms with Gasteiger partial charge in [-0.3, -0.25) is 4.68 Å². The van der Waals surface area contributed by atoms with Crippen molar-refractivity contribution in [1.29, 1.82) is 0 Å². The number of hydrogen-bond donors (Lipinski definition) is 0. The quantitative estimate of drug-likeness (QED) is 0.762. The Bertz CT molecular complexity index is 590. The molecule has 0 N–H and O–H groups in total. The van der Waals surface area contributed by atoms with E-state index < -0.39 is 11.9 Å². The molecule has 0 aliphatic rings. The first-order chi connectivity index (χ1) is 8.29. The smallest absolute Gasteiger partial charge is 0.267 e. The first-order valence-corrected chi connectivity index (χ1v) is 5.61. The van der Waals surface area contributed by atoms with Gasteiger partial charge >= 0.3 is 6.18 Å². The zero-order chi connectivity index (χ0) is 13.5. The molecule has 0 atom stereocenters. The maximum absolute atomic E-state index is 12.5. The summed E-state index contributed by atoms with van der Waals surface area (Å²) in [6, 6.07) is 5.54. The van der Waals surface area contributed by atoms with Gasteiger partial charge in [0.2, 0.25) is 0 Å². The summed E-state index contributed by atoms with van der Waals surface area (Å²) in [6.07, 6.45) is -4.48. The van der Waals surface area contributed by atoms with Gasteiger partial charge in [0.1, 0.15) is 0 Å². The van der Waals surface area contributed by atoms with Crippen molar-refractivity contribution >= 4 is 23.2 Å². The van der Waals surface area contributed by atoms with Crippen LogP contribution in [0.2, 0.25) is 10.0 Å². The molecule has 1 aromatic carbocycles. The van der Waals surface area contributed by atoms with Gasteiger partial charge in [0.25, 0.3) is 0 Å². The van der Waals surface area contributed by atoms with Crippen LogP contribution in [0.3, 0.4) is 0 Å². The van der Waals surface area contributed by atoms with E-state index in [0.717, 1.165) is 10.7 Å². The lowest BCUT2D eigenvalue weighted by atomic mass is 10.1. The van der Waals surface area contributed by atoms with Crippen molar-refractivity contribution in [1.82, 2.24) is 9.78 Å². The van der Waals surface area contributed by atoms with Crippen LogP contribution in [0.1, 0.15) is 5.69 Å². The standard InChI is InChI=1S/C11H7Cl2F3N2/c1-18-9(5-10(17-18)11(14,15)16)7-3-2-6(12)4-8(7)13/h2-5H,1H3. The van der Waals surface area contributed by atoms with Gasteiger partial charge in [-0.15, -0.1) is 0 Å². The van der Waals surface area contributed by atoms with Crippen LogP contribution in [0.25, 0.3) is 11.3 Å². The molecule has 2 aromatic rings. The summed E-state index contributed by atoms with van der Waals surface area (Å²) < 4.78 is 38.7. The fourth-order valence-electron chi connectivity index (χ4n) is 1.56. The monoisotopic (exact) mass is 294 g/mol. The van der Waals surface area contributed by atoms with Crippen molar-refractivity contribution in [3.8, 4) is 11.3 Å². The summed E-state index contributed by atoms with van der Waals surface area (Å²) in [5.41, 5.74) is -0.221. The lowest BCUT2D eigenvalue weighted by Gasteiger charge is -2.04. The van der Waals surface area contributed by atoms with Crippen molar-refractivity contribution in [3.05, 3.63) is 40.0 Å². The second-order valence-electron chi connectivity index (χ2n) is 3.66. The van der Waals surface area contributed by atoms with Crippen LogP contribution in [-0.2, 0) is 13.2 Å². The SMILES string of the molecule is Cn1nc(C(F)(F)F)cc1-c1ccc(Cl)cc1Cl. The number of nitrogens with zero attached hydrogens (tertiary/aromatic N) is 2. The van der Waals surface area contributed by atoms with Crippen LogP contribution in [0.4, 0.5) is 13.2 Å². The van der Waals surface area contributed by atoms with Crippen LogP contribution in [0.15, 0.2) is 24.3 Å². The minimum Gasteiger partial charge on any atom is -0.267 e. The van der Waals surface area contributed by atoms with Crippen molar-refractivity contribution in [2.24, 2.45) is 7.05 Å². The zero-order valence-corrected chi connectivity index (χ0v) is 10.6. The fourth-order valence-corrected chi connectivity index (χ4v) is 2.06. The highest BCUT2D eigenvalue weighted by Gasteiger charge is 2.34. The Labute approximate surface area is 111 Å². The number of halogens is 5. The van der Waals surface area contributed by atoms with Gasteiger partial charge in [-0.1, -0.05) is 23.2 Å². The molecule has 0 spiro atoms. The molecule has 0 bridgehead atoms. The van der Waals surface area contributed by atoms with Gasteiger partial charge in [0.15, 0.2) is 5.69 Å². The van der Waals surface area contributed by atoms with Crippen molar-refractivity contribution < 1.29 is 13.2 Å². The molecule has 18 heavy (non-hydrogen) atoms. The molecule has 1 heterocycles. The molecule has 2 rings (SSSR count). The third-order valence-corrected chi connectivity index (χ3v) is 2.93. The predicted octanol–water partition coefficient (Wildman–Crippen LogP) is 4.41. The number of benzene rings is 1. The highest BCUT2D eigenvalue weighted by Crippen LogP contribution is 2.34. The summed E-state index contributed by atoms with van der Waals surface area (Å²) in [6.45, 7) is 0. The van der Waals surface area contributed by atoms with Crippen LogP contribution in [-0.4, -0.2) is 9.78 Å². The predicted molar refractivity (Wildman–Crippen MR) is 63.7 cm³/mol. The molecule has 2 nitrogen and oxygen atoms in total. The minimum atomic E-state index is -4.48. The molecule has 0 aliphatic heterocycles. The molecule has 0 amide bonds. The van der Waals surface area contributed by atoms with Crippen LogP contribution in [0, 0.1) is 0 Å². The molecular formula is C11H7Cl2F3N2. The molecule has 0 saturated heterocycles. The highest BCUT2D eigenvalue weighted by molar-refractivity contribution is 6.36. The molecule has 1 aromatic heterocycles. The molecule has 96 valence electrons. The van der Waals surface area contributed by atoms with E-state index in [2.05, 4.69) is 5.10 Å². The summed E-state index contributed by atoms with van der Waals surface area (Å²) in [5, 5.41) is 4.12. The lowest BCUT2D eigenvalue weighted by molar-refractivity contribution is -0.141. The Morgan fingerprint density at radius 1 is 1.17 bits per heavy atom. The third kappa shape index (κ3) is 2.47. The Balaban J connectivity index is 2.55. The largest absolute Gasteiger partial charge is 0.435 e. The third-order valence-electron chi connectivity index (χ3n) is 2.38. The van der Waals surface area contributed by atoms with E-state index >= 15 is 0 Å². The number of alkyl halides is 3. The summed E-state index contributed by atoms with van der Waals surface area (Å²) in [7, 11) is 1.43. The van der Waals surface area contributed by atoms with Crippen LogP contribution >= 0.6 is 23.2 Å². The van der Waals surface area contributed by atoms with Gasteiger partial charge in [-0.25, -0.2) is 0 Å². The van der Waals surface area contributed by atoms with Crippen LogP contribution < -0.4 is 0 Å². The lowest BCUT2D eigenvalue weighted by Crippen LogP contribution is -2.06. The average molecular weight is 295 g/mol. The summed E-state index contributed by atoms with van der Waals surface area (Å²) in [4.78, 5) is 0. The highest BCUT2D eigenvalue weighted by atomic mass is 35.5. The van der Waals surface area contributed by atoms with Gasteiger partial charge in [0, 0.05) is 17.6 Å². The summed E-state index contributed by atoms with van der Waals surface area (Å²) in [5.74, 6) is 0. The molecule has 7 heteroatoms. The molecule has 0 unspecified atom stereocenters. The first kappa shape index (κ1) is 13.2. The van der Waals surface area contributed by atoms with Gasteiger partial charge in [-0.05, 0) is 24.3 Å². The molecule has 0 radical (unpaired) electrons. The number of rotatable bonds is 1. The molecule has 0 saturated carbocycles. The maximum atomic E-state index is 12.5. The molecule has 0 aliphatic carbocycles. The topological polar surface area (TPSA) is 17.8 Å². The van der Waals surface area contributed by atoms with E-state index in [1.165, 1.54) is 13.1 Å². The second-order valence-corrected chi connectivity index (χ2v) is 4.50. The Hall–Kier alpha value is -1.20.